The Hall–Kier alpha value is -0.930. The van der Waals surface area contributed by atoms with Gasteiger partial charge in [-0.2, -0.15) is 5.10 Å². The van der Waals surface area contributed by atoms with Gasteiger partial charge in [-0.05, 0) is 27.2 Å². The first kappa shape index (κ1) is 15.5. The summed E-state index contributed by atoms with van der Waals surface area (Å²) < 4.78 is 51.7. The zero-order valence-electron chi connectivity index (χ0n) is 11.7. The lowest BCUT2D eigenvalue weighted by Crippen LogP contribution is -2.36. The van der Waals surface area contributed by atoms with Crippen LogP contribution in [0, 0.1) is 13.8 Å². The normalized spacial score (nSPS) is 22.2. The van der Waals surface area contributed by atoms with Crippen LogP contribution in [0.3, 0.4) is 0 Å². The molecule has 1 aliphatic rings. The summed E-state index contributed by atoms with van der Waals surface area (Å²) in [6.45, 7) is 5.80. The molecule has 0 spiro atoms. The molecule has 1 N–H and O–H groups in total. The van der Waals surface area contributed by atoms with Crippen molar-refractivity contribution in [3.05, 3.63) is 11.4 Å². The van der Waals surface area contributed by atoms with Gasteiger partial charge in [-0.3, -0.25) is 4.68 Å². The largest absolute Gasteiger partial charge is 0.268 e. The van der Waals surface area contributed by atoms with Gasteiger partial charge in [0.15, 0.2) is 9.84 Å². The SMILES string of the molecule is CCn1nc(C)c(S(=O)(=O)N[C@H]2CCS(=O)(=O)C2)c1C. The van der Waals surface area contributed by atoms with Crippen molar-refractivity contribution in [2.45, 2.75) is 44.7 Å². The van der Waals surface area contributed by atoms with E-state index < -0.39 is 25.9 Å². The summed E-state index contributed by atoms with van der Waals surface area (Å²) in [5, 5.41) is 4.18. The molecule has 7 nitrogen and oxygen atoms in total. The van der Waals surface area contributed by atoms with Gasteiger partial charge in [0.05, 0.1) is 22.9 Å². The molecule has 1 aromatic heterocycles. The minimum atomic E-state index is -3.74. The van der Waals surface area contributed by atoms with Gasteiger partial charge in [0, 0.05) is 12.6 Å². The maximum atomic E-state index is 12.4. The molecule has 0 bridgehead atoms. The van der Waals surface area contributed by atoms with Crippen LogP contribution in [-0.2, 0) is 26.4 Å². The van der Waals surface area contributed by atoms with E-state index >= 15 is 0 Å². The highest BCUT2D eigenvalue weighted by molar-refractivity contribution is 7.92. The van der Waals surface area contributed by atoms with Crippen molar-refractivity contribution in [3.8, 4) is 0 Å². The van der Waals surface area contributed by atoms with Crippen LogP contribution in [0.1, 0.15) is 24.7 Å². The molecule has 0 unspecified atom stereocenters. The Bertz CT molecular complexity index is 719. The van der Waals surface area contributed by atoms with Gasteiger partial charge in [-0.1, -0.05) is 0 Å². The molecule has 2 heterocycles. The third-order valence-electron chi connectivity index (χ3n) is 3.44. The van der Waals surface area contributed by atoms with Crippen molar-refractivity contribution < 1.29 is 16.8 Å². The van der Waals surface area contributed by atoms with Crippen LogP contribution in [0.5, 0.6) is 0 Å². The number of hydrogen-bond donors (Lipinski definition) is 1. The number of sulfone groups is 1. The summed E-state index contributed by atoms with van der Waals surface area (Å²) in [4.78, 5) is 0.156. The van der Waals surface area contributed by atoms with Crippen molar-refractivity contribution in [2.75, 3.05) is 11.5 Å². The van der Waals surface area contributed by atoms with E-state index in [2.05, 4.69) is 9.82 Å². The van der Waals surface area contributed by atoms with Crippen molar-refractivity contribution in [1.29, 1.82) is 0 Å². The number of rotatable bonds is 4. The van der Waals surface area contributed by atoms with Gasteiger partial charge in [0.25, 0.3) is 0 Å². The lowest BCUT2D eigenvalue weighted by Gasteiger charge is -2.12. The molecule has 1 aromatic rings. The second kappa shape index (κ2) is 5.12. The molecule has 20 heavy (non-hydrogen) atoms. The van der Waals surface area contributed by atoms with Crippen LogP contribution < -0.4 is 4.72 Å². The van der Waals surface area contributed by atoms with E-state index in [1.807, 2.05) is 6.92 Å². The summed E-state index contributed by atoms with van der Waals surface area (Å²) in [7, 11) is -6.86. The summed E-state index contributed by atoms with van der Waals surface area (Å²) >= 11 is 0. The van der Waals surface area contributed by atoms with E-state index in [4.69, 9.17) is 0 Å². The Morgan fingerprint density at radius 3 is 2.50 bits per heavy atom. The lowest BCUT2D eigenvalue weighted by atomic mass is 10.3. The van der Waals surface area contributed by atoms with Crippen LogP contribution in [0.15, 0.2) is 4.90 Å². The average Bonchev–Trinajstić information content (AvgIpc) is 2.78. The van der Waals surface area contributed by atoms with Crippen molar-refractivity contribution in [3.63, 3.8) is 0 Å². The van der Waals surface area contributed by atoms with Crippen LogP contribution >= 0.6 is 0 Å². The highest BCUT2D eigenvalue weighted by atomic mass is 32.2. The molecule has 0 amide bonds. The summed E-state index contributed by atoms with van der Waals surface area (Å²) in [6.07, 6.45) is 0.321. The van der Waals surface area contributed by atoms with Crippen molar-refractivity contribution in [2.24, 2.45) is 0 Å². The monoisotopic (exact) mass is 321 g/mol. The zero-order chi connectivity index (χ0) is 15.1. The number of nitrogens with one attached hydrogen (secondary N) is 1. The predicted octanol–water partition coefficient (Wildman–Crippen LogP) is -0.0148. The minimum Gasteiger partial charge on any atom is -0.268 e. The average molecular weight is 321 g/mol. The van der Waals surface area contributed by atoms with E-state index in [-0.39, 0.29) is 16.4 Å². The first-order valence-corrected chi connectivity index (χ1v) is 9.73. The van der Waals surface area contributed by atoms with E-state index in [1.165, 1.54) is 0 Å². The number of sulfonamides is 1. The first-order chi connectivity index (χ1) is 9.16. The van der Waals surface area contributed by atoms with E-state index in [9.17, 15) is 16.8 Å². The van der Waals surface area contributed by atoms with E-state index in [0.29, 0.717) is 24.4 Å². The minimum absolute atomic E-state index is 0.0341. The smallest absolute Gasteiger partial charge is 0.244 e. The van der Waals surface area contributed by atoms with E-state index in [1.54, 1.807) is 18.5 Å². The first-order valence-electron chi connectivity index (χ1n) is 6.43. The van der Waals surface area contributed by atoms with Gasteiger partial charge in [0.1, 0.15) is 4.90 Å². The quantitative estimate of drug-likeness (QED) is 0.841. The summed E-state index contributed by atoms with van der Waals surface area (Å²) in [5.41, 5.74) is 0.996. The number of hydrogen-bond acceptors (Lipinski definition) is 5. The molecule has 0 saturated carbocycles. The van der Waals surface area contributed by atoms with Crippen LogP contribution in [0.2, 0.25) is 0 Å². The highest BCUT2D eigenvalue weighted by Crippen LogP contribution is 2.21. The van der Waals surface area contributed by atoms with Crippen LogP contribution in [-0.4, -0.2) is 44.2 Å². The van der Waals surface area contributed by atoms with Gasteiger partial charge in [-0.15, -0.1) is 0 Å². The Balaban J connectivity index is 2.30. The second-order valence-corrected chi connectivity index (χ2v) is 8.92. The fraction of sp³-hybridized carbons (Fsp3) is 0.727. The van der Waals surface area contributed by atoms with Gasteiger partial charge < -0.3 is 0 Å². The molecule has 0 aromatic carbocycles. The number of aryl methyl sites for hydroxylation is 2. The molecular formula is C11H19N3O4S2. The summed E-state index contributed by atoms with van der Waals surface area (Å²) in [5.74, 6) is -0.0986. The molecular weight excluding hydrogens is 302 g/mol. The topological polar surface area (TPSA) is 98.1 Å². The molecule has 0 radical (unpaired) electrons. The third-order valence-corrected chi connectivity index (χ3v) is 6.98. The molecule has 1 fully saturated rings. The molecule has 1 saturated heterocycles. The highest BCUT2D eigenvalue weighted by Gasteiger charge is 2.33. The van der Waals surface area contributed by atoms with Crippen molar-refractivity contribution >= 4 is 19.9 Å². The predicted molar refractivity (Wildman–Crippen MR) is 74.8 cm³/mol. The molecule has 0 aliphatic carbocycles. The molecule has 1 atom stereocenters. The maximum absolute atomic E-state index is 12.4. The number of nitrogens with zero attached hydrogens (tertiary/aromatic N) is 2. The molecule has 1 aliphatic heterocycles. The molecule has 2 rings (SSSR count). The Morgan fingerprint density at radius 2 is 2.05 bits per heavy atom. The third kappa shape index (κ3) is 2.89. The second-order valence-electron chi connectivity index (χ2n) is 5.04. The number of aromatic nitrogens is 2. The van der Waals surface area contributed by atoms with Gasteiger partial charge in [0.2, 0.25) is 10.0 Å². The Labute approximate surface area is 119 Å². The standard InChI is InChI=1S/C11H19N3O4S2/c1-4-14-9(3)11(8(2)12-14)20(17,18)13-10-5-6-19(15,16)7-10/h10,13H,4-7H2,1-3H3/t10-/m0/s1. The fourth-order valence-electron chi connectivity index (χ4n) is 2.54. The van der Waals surface area contributed by atoms with Gasteiger partial charge >= 0.3 is 0 Å². The molecule has 9 heteroatoms. The van der Waals surface area contributed by atoms with E-state index in [0.717, 1.165) is 0 Å². The Morgan fingerprint density at radius 1 is 1.40 bits per heavy atom. The van der Waals surface area contributed by atoms with Gasteiger partial charge in [-0.25, -0.2) is 21.6 Å². The summed E-state index contributed by atoms with van der Waals surface area (Å²) in [6, 6.07) is -0.547. The zero-order valence-corrected chi connectivity index (χ0v) is 13.4. The fourth-order valence-corrected chi connectivity index (χ4v) is 6.00. The van der Waals surface area contributed by atoms with Crippen molar-refractivity contribution in [1.82, 2.24) is 14.5 Å². The Kier molecular flexibility index (Phi) is 3.96. The molecule has 114 valence electrons. The lowest BCUT2D eigenvalue weighted by molar-refractivity contribution is 0.560. The maximum Gasteiger partial charge on any atom is 0.244 e. The van der Waals surface area contributed by atoms with Crippen LogP contribution in [0.4, 0.5) is 0 Å². The van der Waals surface area contributed by atoms with Crippen LogP contribution in [0.25, 0.3) is 0 Å².